The van der Waals surface area contributed by atoms with Crippen LogP contribution in [0.4, 0.5) is 10.3 Å². The SMILES string of the molecule is CC[C@H]1CCc2c1cc(C(=O)Nc1ncc(F)cn1)c(=O)n2C. The standard InChI is InChI=1S/C16H17FN4O2/c1-3-9-4-5-13-11(9)6-12(15(23)21(13)2)14(22)20-16-18-7-10(17)8-19-16/h6-9H,3-5H2,1-2H3,(H,18,19,20,22)/t9-/m0/s1. The second-order valence-electron chi connectivity index (χ2n) is 5.65. The van der Waals surface area contributed by atoms with Crippen molar-refractivity contribution in [1.29, 1.82) is 0 Å². The first kappa shape index (κ1) is 15.3. The van der Waals surface area contributed by atoms with Crippen LogP contribution < -0.4 is 10.9 Å². The molecule has 1 amide bonds. The van der Waals surface area contributed by atoms with Gasteiger partial charge in [0, 0.05) is 12.7 Å². The van der Waals surface area contributed by atoms with Gasteiger partial charge in [-0.25, -0.2) is 14.4 Å². The van der Waals surface area contributed by atoms with Crippen molar-refractivity contribution in [3.05, 3.63) is 51.5 Å². The highest BCUT2D eigenvalue weighted by Crippen LogP contribution is 2.34. The van der Waals surface area contributed by atoms with Crippen LogP contribution in [-0.2, 0) is 13.5 Å². The van der Waals surface area contributed by atoms with Gasteiger partial charge in [0.1, 0.15) is 5.56 Å². The third-order valence-corrected chi connectivity index (χ3v) is 4.33. The minimum atomic E-state index is -0.595. The maximum atomic E-state index is 12.8. The Bertz CT molecular complexity index is 814. The van der Waals surface area contributed by atoms with Gasteiger partial charge < -0.3 is 4.57 Å². The molecule has 0 bridgehead atoms. The third-order valence-electron chi connectivity index (χ3n) is 4.33. The van der Waals surface area contributed by atoms with Gasteiger partial charge in [0.15, 0.2) is 5.82 Å². The fourth-order valence-electron chi connectivity index (χ4n) is 3.06. The van der Waals surface area contributed by atoms with Crippen molar-refractivity contribution in [2.45, 2.75) is 32.1 Å². The van der Waals surface area contributed by atoms with Crippen LogP contribution in [-0.4, -0.2) is 20.4 Å². The van der Waals surface area contributed by atoms with Crippen molar-refractivity contribution in [3.63, 3.8) is 0 Å². The Morgan fingerprint density at radius 1 is 1.43 bits per heavy atom. The van der Waals surface area contributed by atoms with Crippen molar-refractivity contribution in [3.8, 4) is 0 Å². The average Bonchev–Trinajstić information content (AvgIpc) is 2.96. The van der Waals surface area contributed by atoms with E-state index >= 15 is 0 Å². The number of nitrogens with zero attached hydrogens (tertiary/aromatic N) is 3. The first-order chi connectivity index (χ1) is 11.0. The van der Waals surface area contributed by atoms with Crippen LogP contribution in [0.15, 0.2) is 23.3 Å². The van der Waals surface area contributed by atoms with Gasteiger partial charge in [0.05, 0.1) is 12.4 Å². The molecule has 2 aromatic rings. The number of amides is 1. The Hall–Kier alpha value is -2.57. The maximum Gasteiger partial charge on any atom is 0.263 e. The second-order valence-corrected chi connectivity index (χ2v) is 5.65. The number of hydrogen-bond acceptors (Lipinski definition) is 4. The van der Waals surface area contributed by atoms with Gasteiger partial charge in [-0.05, 0) is 36.8 Å². The zero-order valence-corrected chi connectivity index (χ0v) is 13.0. The molecule has 3 rings (SSSR count). The number of nitrogens with one attached hydrogen (secondary N) is 1. The number of pyridine rings is 1. The number of carbonyl (C=O) groups excluding carboxylic acids is 1. The lowest BCUT2D eigenvalue weighted by Gasteiger charge is -2.13. The molecular weight excluding hydrogens is 299 g/mol. The molecule has 23 heavy (non-hydrogen) atoms. The molecule has 1 N–H and O–H groups in total. The molecule has 0 fully saturated rings. The van der Waals surface area contributed by atoms with E-state index in [0.717, 1.165) is 42.9 Å². The van der Waals surface area contributed by atoms with Crippen LogP contribution >= 0.6 is 0 Å². The van der Waals surface area contributed by atoms with E-state index in [0.29, 0.717) is 5.92 Å². The van der Waals surface area contributed by atoms with Crippen molar-refractivity contribution >= 4 is 11.9 Å². The summed E-state index contributed by atoms with van der Waals surface area (Å²) in [6.45, 7) is 2.09. The molecule has 2 heterocycles. The predicted octanol–water partition coefficient (Wildman–Crippen LogP) is 2.01. The van der Waals surface area contributed by atoms with E-state index in [1.54, 1.807) is 17.7 Å². The summed E-state index contributed by atoms with van der Waals surface area (Å²) in [6, 6.07) is 1.68. The minimum absolute atomic E-state index is 0.0361. The molecule has 2 aromatic heterocycles. The lowest BCUT2D eigenvalue weighted by Crippen LogP contribution is -2.30. The zero-order chi connectivity index (χ0) is 16.6. The second kappa shape index (κ2) is 5.91. The highest BCUT2D eigenvalue weighted by Gasteiger charge is 2.26. The average molecular weight is 316 g/mol. The molecule has 0 aromatic carbocycles. The van der Waals surface area contributed by atoms with E-state index in [1.165, 1.54) is 0 Å². The van der Waals surface area contributed by atoms with Gasteiger partial charge in [0.2, 0.25) is 5.95 Å². The van der Waals surface area contributed by atoms with E-state index in [9.17, 15) is 14.0 Å². The molecule has 0 aliphatic heterocycles. The van der Waals surface area contributed by atoms with Gasteiger partial charge in [-0.15, -0.1) is 0 Å². The number of halogens is 1. The van der Waals surface area contributed by atoms with Crippen molar-refractivity contribution in [1.82, 2.24) is 14.5 Å². The fraction of sp³-hybridized carbons (Fsp3) is 0.375. The number of fused-ring (bicyclic) bond motifs is 1. The highest BCUT2D eigenvalue weighted by atomic mass is 19.1. The maximum absolute atomic E-state index is 12.8. The molecule has 1 aliphatic carbocycles. The molecule has 0 spiro atoms. The summed E-state index contributed by atoms with van der Waals surface area (Å²) >= 11 is 0. The zero-order valence-electron chi connectivity index (χ0n) is 13.0. The largest absolute Gasteiger partial charge is 0.315 e. The first-order valence-electron chi connectivity index (χ1n) is 7.53. The summed E-state index contributed by atoms with van der Waals surface area (Å²) in [4.78, 5) is 32.1. The minimum Gasteiger partial charge on any atom is -0.315 e. The predicted molar refractivity (Wildman–Crippen MR) is 83.0 cm³/mol. The number of aromatic nitrogens is 3. The number of carbonyl (C=O) groups is 1. The molecule has 6 nitrogen and oxygen atoms in total. The molecule has 0 saturated carbocycles. The Morgan fingerprint density at radius 2 is 2.13 bits per heavy atom. The van der Waals surface area contributed by atoms with Crippen LogP contribution in [0.3, 0.4) is 0 Å². The highest BCUT2D eigenvalue weighted by molar-refractivity contribution is 6.03. The van der Waals surface area contributed by atoms with E-state index in [1.807, 2.05) is 0 Å². The summed E-state index contributed by atoms with van der Waals surface area (Å²) < 4.78 is 14.4. The molecule has 1 aliphatic rings. The summed E-state index contributed by atoms with van der Waals surface area (Å²) in [6.07, 6.45) is 4.72. The lowest BCUT2D eigenvalue weighted by atomic mass is 9.98. The van der Waals surface area contributed by atoms with Crippen LogP contribution in [0.1, 0.15) is 47.3 Å². The number of rotatable bonds is 3. The summed E-state index contributed by atoms with van der Waals surface area (Å²) in [5, 5.41) is 2.44. The number of hydrogen-bond donors (Lipinski definition) is 1. The Labute approximate surface area is 132 Å². The Morgan fingerprint density at radius 3 is 2.78 bits per heavy atom. The normalized spacial score (nSPS) is 16.2. The first-order valence-corrected chi connectivity index (χ1v) is 7.53. The van der Waals surface area contributed by atoms with Crippen LogP contribution in [0.5, 0.6) is 0 Å². The van der Waals surface area contributed by atoms with Gasteiger partial charge in [0.25, 0.3) is 11.5 Å². The molecule has 7 heteroatoms. The third kappa shape index (κ3) is 2.74. The van der Waals surface area contributed by atoms with Gasteiger partial charge in [-0.3, -0.25) is 14.9 Å². The molecule has 0 saturated heterocycles. The molecule has 0 radical (unpaired) electrons. The summed E-state index contributed by atoms with van der Waals surface area (Å²) in [5.74, 6) is -0.847. The van der Waals surface area contributed by atoms with Crippen LogP contribution in [0, 0.1) is 5.82 Å². The summed E-state index contributed by atoms with van der Waals surface area (Å²) in [5.41, 5.74) is 1.76. The molecule has 120 valence electrons. The fourth-order valence-corrected chi connectivity index (χ4v) is 3.06. The lowest BCUT2D eigenvalue weighted by molar-refractivity contribution is 0.102. The van der Waals surface area contributed by atoms with E-state index in [2.05, 4.69) is 22.2 Å². The smallest absolute Gasteiger partial charge is 0.263 e. The van der Waals surface area contributed by atoms with Gasteiger partial charge in [-0.2, -0.15) is 0 Å². The Balaban J connectivity index is 1.96. The molecule has 0 unspecified atom stereocenters. The topological polar surface area (TPSA) is 76.9 Å². The van der Waals surface area contributed by atoms with Gasteiger partial charge in [-0.1, -0.05) is 6.92 Å². The van der Waals surface area contributed by atoms with Crippen molar-refractivity contribution in [2.75, 3.05) is 5.32 Å². The molecular formula is C16H17FN4O2. The van der Waals surface area contributed by atoms with E-state index in [4.69, 9.17) is 0 Å². The van der Waals surface area contributed by atoms with E-state index < -0.39 is 11.7 Å². The quantitative estimate of drug-likeness (QED) is 0.939. The van der Waals surface area contributed by atoms with Crippen molar-refractivity contribution < 1.29 is 9.18 Å². The monoisotopic (exact) mass is 316 g/mol. The number of anilines is 1. The van der Waals surface area contributed by atoms with Crippen LogP contribution in [0.2, 0.25) is 0 Å². The van der Waals surface area contributed by atoms with Crippen molar-refractivity contribution in [2.24, 2.45) is 7.05 Å². The van der Waals surface area contributed by atoms with E-state index in [-0.39, 0.29) is 17.1 Å². The van der Waals surface area contributed by atoms with Gasteiger partial charge >= 0.3 is 0 Å². The summed E-state index contributed by atoms with van der Waals surface area (Å²) in [7, 11) is 1.68. The Kier molecular flexibility index (Phi) is 3.94. The van der Waals surface area contributed by atoms with Crippen LogP contribution in [0.25, 0.3) is 0 Å². The molecule has 1 atom stereocenters.